The number of hydrogen-bond donors (Lipinski definition) is 3. The van der Waals surface area contributed by atoms with Gasteiger partial charge in [0.25, 0.3) is 0 Å². The molecular weight excluding hydrogens is 363 g/mol. The number of amides is 1. The molecule has 2 rings (SSSR count). The maximum absolute atomic E-state index is 11.6. The van der Waals surface area contributed by atoms with Crippen molar-refractivity contribution in [2.45, 2.75) is 83.3 Å². The summed E-state index contributed by atoms with van der Waals surface area (Å²) in [6.45, 7) is 2.12. The summed E-state index contributed by atoms with van der Waals surface area (Å²) in [4.78, 5) is 31.1. The van der Waals surface area contributed by atoms with Gasteiger partial charge in [0.15, 0.2) is 0 Å². The van der Waals surface area contributed by atoms with Gasteiger partial charge < -0.3 is 25.4 Å². The van der Waals surface area contributed by atoms with Crippen molar-refractivity contribution in [2.24, 2.45) is 0 Å². The molecule has 1 saturated carbocycles. The van der Waals surface area contributed by atoms with Crippen LogP contribution in [0.3, 0.4) is 0 Å². The smallest absolute Gasteiger partial charge is 0.224 e. The lowest BCUT2D eigenvalue weighted by molar-refractivity contribution is -0.425. The molecule has 1 unspecified atom stereocenters. The van der Waals surface area contributed by atoms with Gasteiger partial charge in [-0.15, -0.1) is 0 Å². The van der Waals surface area contributed by atoms with Crippen LogP contribution in [0.1, 0.15) is 76.7 Å². The maximum Gasteiger partial charge on any atom is 0.224 e. The number of unbranched alkanes of at least 4 members (excludes halogenated alkanes) is 3. The highest BCUT2D eigenvalue weighted by Crippen LogP contribution is 2.34. The monoisotopic (exact) mass is 398 g/mol. The number of anilines is 1. The molecule has 1 aromatic carbocycles. The van der Waals surface area contributed by atoms with E-state index < -0.39 is 13.8 Å². The van der Waals surface area contributed by atoms with Crippen molar-refractivity contribution in [1.29, 1.82) is 0 Å². The van der Waals surface area contributed by atoms with E-state index in [-0.39, 0.29) is 5.91 Å². The first-order valence-corrected chi connectivity index (χ1v) is 11.8. The number of carbonyl (C=O) groups excluding carboxylic acids is 1. The molecule has 7 heteroatoms. The molecule has 1 atom stereocenters. The molecule has 0 bridgehead atoms. The first kappa shape index (κ1) is 23.8. The summed E-state index contributed by atoms with van der Waals surface area (Å²) < 4.78 is 10.7. The average molecular weight is 398 g/mol. The standard InChI is InChI=1S/C14H22NO4P.C6H13N/c1-2-3-4-5-6-14(16)15-13-9-7-12(8-10-13)11-20(17,18)19;7-6-4-2-1-3-5-6/h7-10H,2-6,11H2,1H3,(H,15,16)(H2,17,18,19);6H,1-5,7H2. The minimum atomic E-state index is -4.29. The molecule has 1 amide bonds. The lowest BCUT2D eigenvalue weighted by atomic mass is 9.97. The van der Waals surface area contributed by atoms with E-state index >= 15 is 0 Å². The summed E-state index contributed by atoms with van der Waals surface area (Å²) in [5, 5.41) is 2.76. The molecule has 1 aromatic rings. The molecule has 6 nitrogen and oxygen atoms in total. The van der Waals surface area contributed by atoms with Crippen LogP contribution in [-0.4, -0.2) is 16.8 Å². The Kier molecular flexibility index (Phi) is 11.5. The van der Waals surface area contributed by atoms with Crippen molar-refractivity contribution < 1.29 is 24.9 Å². The summed E-state index contributed by atoms with van der Waals surface area (Å²) in [5.74, 6) is -0.0366. The summed E-state index contributed by atoms with van der Waals surface area (Å²) in [6, 6.07) is 7.21. The van der Waals surface area contributed by atoms with E-state index in [1.807, 2.05) is 0 Å². The predicted octanol–water partition coefficient (Wildman–Crippen LogP) is 3.20. The zero-order valence-electron chi connectivity index (χ0n) is 16.5. The fourth-order valence-corrected chi connectivity index (χ4v) is 3.72. The average Bonchev–Trinajstić information content (AvgIpc) is 2.60. The maximum atomic E-state index is 11.6. The molecule has 0 saturated heterocycles. The van der Waals surface area contributed by atoms with Crippen LogP contribution in [0.4, 0.5) is 5.69 Å². The molecular formula is C20H35N2O4P. The van der Waals surface area contributed by atoms with Crippen LogP contribution in [-0.2, 0) is 15.5 Å². The molecule has 1 fully saturated rings. The summed E-state index contributed by atoms with van der Waals surface area (Å²) >= 11 is 0. The van der Waals surface area contributed by atoms with Crippen LogP contribution in [0, 0.1) is 0 Å². The van der Waals surface area contributed by atoms with Crippen molar-refractivity contribution in [3.8, 4) is 0 Å². The van der Waals surface area contributed by atoms with Crippen LogP contribution < -0.4 is 15.9 Å². The fraction of sp³-hybridized carbons (Fsp3) is 0.650. The van der Waals surface area contributed by atoms with Crippen LogP contribution in [0.2, 0.25) is 0 Å². The zero-order valence-corrected chi connectivity index (χ0v) is 17.4. The molecule has 0 aromatic heterocycles. The van der Waals surface area contributed by atoms with Gasteiger partial charge in [-0.2, -0.15) is 0 Å². The Morgan fingerprint density at radius 1 is 1.19 bits per heavy atom. The molecule has 5 N–H and O–H groups in total. The molecule has 1 aliphatic carbocycles. The van der Waals surface area contributed by atoms with Gasteiger partial charge in [0.05, 0.1) is 6.04 Å². The third-order valence-electron chi connectivity index (χ3n) is 4.60. The normalized spacial score (nSPS) is 16.7. The van der Waals surface area contributed by atoms with Gasteiger partial charge in [-0.25, -0.2) is 0 Å². The van der Waals surface area contributed by atoms with Crippen molar-refractivity contribution in [2.75, 3.05) is 5.32 Å². The minimum Gasteiger partial charge on any atom is -0.778 e. The molecule has 154 valence electrons. The Bertz CT molecular complexity index is 580. The van der Waals surface area contributed by atoms with Gasteiger partial charge in [0.1, 0.15) is 7.60 Å². The second kappa shape index (κ2) is 13.1. The first-order valence-electron chi connectivity index (χ1n) is 10.0. The topological polar surface area (TPSA) is 117 Å². The summed E-state index contributed by atoms with van der Waals surface area (Å²) in [6.07, 6.45) is 11.4. The van der Waals surface area contributed by atoms with Gasteiger partial charge in [-0.1, -0.05) is 44.7 Å². The Balaban J connectivity index is 0.000000433. The van der Waals surface area contributed by atoms with Crippen LogP contribution >= 0.6 is 7.60 Å². The molecule has 0 spiro atoms. The van der Waals surface area contributed by atoms with Gasteiger partial charge in [0, 0.05) is 18.3 Å². The second-order valence-corrected chi connectivity index (χ2v) is 8.95. The lowest BCUT2D eigenvalue weighted by Gasteiger charge is -2.15. The number of hydrogen-bond acceptors (Lipinski definition) is 3. The highest BCUT2D eigenvalue weighted by atomic mass is 31.2. The molecule has 1 aliphatic rings. The number of benzene rings is 1. The van der Waals surface area contributed by atoms with Crippen molar-refractivity contribution in [3.63, 3.8) is 0 Å². The van der Waals surface area contributed by atoms with Crippen molar-refractivity contribution >= 4 is 19.2 Å². The molecule has 0 radical (unpaired) electrons. The highest BCUT2D eigenvalue weighted by molar-refractivity contribution is 7.49. The number of quaternary nitrogens is 1. The molecule has 0 aliphatic heterocycles. The van der Waals surface area contributed by atoms with Gasteiger partial charge in [0.2, 0.25) is 5.91 Å². The van der Waals surface area contributed by atoms with E-state index in [1.165, 1.54) is 32.1 Å². The highest BCUT2D eigenvalue weighted by Gasteiger charge is 2.09. The van der Waals surface area contributed by atoms with E-state index in [0.717, 1.165) is 31.7 Å². The third-order valence-corrected chi connectivity index (χ3v) is 5.37. The lowest BCUT2D eigenvalue weighted by Crippen LogP contribution is -2.61. The predicted molar refractivity (Wildman–Crippen MR) is 107 cm³/mol. The van der Waals surface area contributed by atoms with Crippen molar-refractivity contribution in [3.05, 3.63) is 29.8 Å². The largest absolute Gasteiger partial charge is 0.778 e. The Morgan fingerprint density at radius 3 is 2.30 bits per heavy atom. The van der Waals surface area contributed by atoms with Gasteiger partial charge in [-0.05, 0) is 49.8 Å². The zero-order chi connectivity index (χ0) is 20.1. The van der Waals surface area contributed by atoms with E-state index in [0.29, 0.717) is 17.7 Å². The minimum absolute atomic E-state index is 0.0366. The third kappa shape index (κ3) is 12.7. The molecule has 0 heterocycles. The van der Waals surface area contributed by atoms with E-state index in [2.05, 4.69) is 18.0 Å². The number of rotatable bonds is 8. The van der Waals surface area contributed by atoms with E-state index in [4.69, 9.17) is 4.89 Å². The van der Waals surface area contributed by atoms with Crippen LogP contribution in [0.25, 0.3) is 0 Å². The Hall–Kier alpha value is -1.20. The Labute approximate surface area is 163 Å². The molecule has 27 heavy (non-hydrogen) atoms. The number of carbonyl (C=O) groups is 1. The summed E-state index contributed by atoms with van der Waals surface area (Å²) in [5.41, 5.74) is 5.12. The summed E-state index contributed by atoms with van der Waals surface area (Å²) in [7, 11) is -4.29. The SMILES string of the molecule is CCCCCCC(=O)Nc1ccc(CP(=O)([O-])O)cc1.[NH3+]C1CCCCC1. The van der Waals surface area contributed by atoms with Crippen LogP contribution in [0.5, 0.6) is 0 Å². The van der Waals surface area contributed by atoms with Crippen LogP contribution in [0.15, 0.2) is 24.3 Å². The van der Waals surface area contributed by atoms with Crippen molar-refractivity contribution in [1.82, 2.24) is 0 Å². The fourth-order valence-electron chi connectivity index (χ4n) is 3.05. The first-order chi connectivity index (χ1) is 12.8. The van der Waals surface area contributed by atoms with E-state index in [9.17, 15) is 14.3 Å². The number of nitrogens with one attached hydrogen (secondary N) is 1. The van der Waals surface area contributed by atoms with Gasteiger partial charge >= 0.3 is 0 Å². The quantitative estimate of drug-likeness (QED) is 0.460. The van der Waals surface area contributed by atoms with E-state index in [1.54, 1.807) is 24.3 Å². The second-order valence-electron chi connectivity index (χ2n) is 7.36. The van der Waals surface area contributed by atoms with Gasteiger partial charge in [-0.3, -0.25) is 4.79 Å². The Morgan fingerprint density at radius 2 is 1.81 bits per heavy atom.